The van der Waals surface area contributed by atoms with Gasteiger partial charge in [-0.2, -0.15) is 0 Å². The molecule has 3 atom stereocenters. The lowest BCUT2D eigenvalue weighted by Crippen LogP contribution is -2.14. The Hall–Kier alpha value is -2.01. The fourth-order valence-electron chi connectivity index (χ4n) is 3.47. The van der Waals surface area contributed by atoms with Crippen LogP contribution in [0, 0.1) is 35.0 Å². The van der Waals surface area contributed by atoms with E-state index in [0.29, 0.717) is 11.5 Å². The molecule has 1 aromatic carbocycles. The SMILES string of the molecule is CC1=CC(=O)C2C(C1C#Cc1ccccc1O)C2(C)C. The van der Waals surface area contributed by atoms with Gasteiger partial charge < -0.3 is 5.11 Å². The van der Waals surface area contributed by atoms with Crippen LogP contribution in [0.25, 0.3) is 0 Å². The minimum atomic E-state index is 0.0451. The molecular weight excluding hydrogens is 248 g/mol. The van der Waals surface area contributed by atoms with Gasteiger partial charge in [0.15, 0.2) is 5.78 Å². The summed E-state index contributed by atoms with van der Waals surface area (Å²) in [5.41, 5.74) is 1.74. The Bertz CT molecular complexity index is 670. The van der Waals surface area contributed by atoms with E-state index < -0.39 is 0 Å². The maximum atomic E-state index is 12.0. The maximum Gasteiger partial charge on any atom is 0.159 e. The summed E-state index contributed by atoms with van der Waals surface area (Å²) in [5.74, 6) is 7.35. The number of allylic oxidation sites excluding steroid dienone is 2. The van der Waals surface area contributed by atoms with Crippen molar-refractivity contribution >= 4 is 5.78 Å². The summed E-state index contributed by atoms with van der Waals surface area (Å²) in [4.78, 5) is 12.0. The van der Waals surface area contributed by atoms with Crippen LogP contribution in [0.3, 0.4) is 0 Å². The van der Waals surface area contributed by atoms with Crippen molar-refractivity contribution in [3.05, 3.63) is 41.5 Å². The summed E-state index contributed by atoms with van der Waals surface area (Å²) in [7, 11) is 0. The molecule has 0 aliphatic heterocycles. The van der Waals surface area contributed by atoms with Crippen LogP contribution in [0.2, 0.25) is 0 Å². The zero-order valence-corrected chi connectivity index (χ0v) is 12.0. The molecular formula is C18H18O2. The van der Waals surface area contributed by atoms with E-state index in [0.717, 1.165) is 5.57 Å². The Morgan fingerprint density at radius 2 is 1.95 bits per heavy atom. The molecule has 102 valence electrons. The molecule has 0 aromatic heterocycles. The second kappa shape index (κ2) is 4.24. The van der Waals surface area contributed by atoms with Crippen LogP contribution in [-0.2, 0) is 4.79 Å². The van der Waals surface area contributed by atoms with Gasteiger partial charge in [0.25, 0.3) is 0 Å². The third kappa shape index (κ3) is 1.86. The van der Waals surface area contributed by atoms with Gasteiger partial charge in [0.1, 0.15) is 5.75 Å². The predicted molar refractivity (Wildman–Crippen MR) is 78.0 cm³/mol. The van der Waals surface area contributed by atoms with E-state index in [9.17, 15) is 9.90 Å². The van der Waals surface area contributed by atoms with Crippen LogP contribution in [0.1, 0.15) is 26.3 Å². The van der Waals surface area contributed by atoms with Crippen molar-refractivity contribution < 1.29 is 9.90 Å². The van der Waals surface area contributed by atoms with Gasteiger partial charge in [-0.05, 0) is 36.5 Å². The lowest BCUT2D eigenvalue weighted by atomic mass is 9.87. The lowest BCUT2D eigenvalue weighted by molar-refractivity contribution is -0.116. The Labute approximate surface area is 119 Å². The molecule has 0 amide bonds. The van der Waals surface area contributed by atoms with Gasteiger partial charge in [-0.25, -0.2) is 0 Å². The predicted octanol–water partition coefficient (Wildman–Crippen LogP) is 3.16. The molecule has 3 rings (SSSR count). The number of carbonyl (C=O) groups excluding carboxylic acids is 1. The number of aromatic hydroxyl groups is 1. The first-order valence-electron chi connectivity index (χ1n) is 6.94. The molecule has 2 aliphatic rings. The molecule has 1 aromatic rings. The van der Waals surface area contributed by atoms with Crippen molar-refractivity contribution in [1.29, 1.82) is 0 Å². The van der Waals surface area contributed by atoms with Gasteiger partial charge in [-0.3, -0.25) is 4.79 Å². The first-order chi connectivity index (χ1) is 9.43. The number of rotatable bonds is 0. The molecule has 1 N–H and O–H groups in total. The third-order valence-electron chi connectivity index (χ3n) is 4.70. The van der Waals surface area contributed by atoms with Crippen molar-refractivity contribution in [3.8, 4) is 17.6 Å². The number of para-hydroxylation sites is 1. The fourth-order valence-corrected chi connectivity index (χ4v) is 3.47. The van der Waals surface area contributed by atoms with Crippen molar-refractivity contribution in [2.45, 2.75) is 20.8 Å². The minimum Gasteiger partial charge on any atom is -0.507 e. The first kappa shape index (κ1) is 13.0. The Kier molecular flexibility index (Phi) is 2.76. The van der Waals surface area contributed by atoms with Gasteiger partial charge >= 0.3 is 0 Å². The van der Waals surface area contributed by atoms with Gasteiger partial charge in [0.2, 0.25) is 0 Å². The molecule has 1 saturated carbocycles. The van der Waals surface area contributed by atoms with Crippen molar-refractivity contribution in [3.63, 3.8) is 0 Å². The quantitative estimate of drug-likeness (QED) is 0.732. The molecule has 2 heteroatoms. The Morgan fingerprint density at radius 1 is 1.25 bits per heavy atom. The molecule has 0 saturated heterocycles. The highest BCUT2D eigenvalue weighted by Gasteiger charge is 2.65. The minimum absolute atomic E-state index is 0.0451. The highest BCUT2D eigenvalue weighted by atomic mass is 16.3. The second-order valence-electron chi connectivity index (χ2n) is 6.38. The molecule has 0 heterocycles. The second-order valence-corrected chi connectivity index (χ2v) is 6.38. The number of benzene rings is 1. The number of fused-ring (bicyclic) bond motifs is 1. The van der Waals surface area contributed by atoms with E-state index in [1.165, 1.54) is 0 Å². The Balaban J connectivity index is 1.94. The highest BCUT2D eigenvalue weighted by Crippen LogP contribution is 2.65. The average Bonchev–Trinajstić information content (AvgIpc) is 2.95. The summed E-state index contributed by atoms with van der Waals surface area (Å²) >= 11 is 0. The highest BCUT2D eigenvalue weighted by molar-refractivity contribution is 5.97. The third-order valence-corrected chi connectivity index (χ3v) is 4.70. The number of phenols is 1. The monoisotopic (exact) mass is 266 g/mol. The van der Waals surface area contributed by atoms with E-state index >= 15 is 0 Å². The van der Waals surface area contributed by atoms with Gasteiger partial charge in [-0.1, -0.05) is 43.4 Å². The van der Waals surface area contributed by atoms with Crippen LogP contribution < -0.4 is 0 Å². The topological polar surface area (TPSA) is 37.3 Å². The number of hydrogen-bond donors (Lipinski definition) is 1. The van der Waals surface area contributed by atoms with E-state index in [1.54, 1.807) is 18.2 Å². The fraction of sp³-hybridized carbons (Fsp3) is 0.389. The molecule has 2 nitrogen and oxygen atoms in total. The van der Waals surface area contributed by atoms with Crippen molar-refractivity contribution in [1.82, 2.24) is 0 Å². The number of phenolic OH excluding ortho intramolecular Hbond substituents is 1. The summed E-state index contributed by atoms with van der Waals surface area (Å²) in [5, 5.41) is 9.76. The lowest BCUT2D eigenvalue weighted by Gasteiger charge is -2.15. The molecule has 3 unspecified atom stereocenters. The molecule has 0 bridgehead atoms. The van der Waals surface area contributed by atoms with Crippen LogP contribution >= 0.6 is 0 Å². The Morgan fingerprint density at radius 3 is 2.65 bits per heavy atom. The zero-order valence-electron chi connectivity index (χ0n) is 12.0. The van der Waals surface area contributed by atoms with Gasteiger partial charge in [0.05, 0.1) is 5.56 Å². The number of carbonyl (C=O) groups is 1. The average molecular weight is 266 g/mol. The van der Waals surface area contributed by atoms with E-state index in [1.807, 2.05) is 19.1 Å². The largest absolute Gasteiger partial charge is 0.507 e. The van der Waals surface area contributed by atoms with E-state index in [-0.39, 0.29) is 28.8 Å². The zero-order chi connectivity index (χ0) is 14.5. The molecule has 0 spiro atoms. The normalized spacial score (nSPS) is 29.9. The smallest absolute Gasteiger partial charge is 0.159 e. The van der Waals surface area contributed by atoms with Crippen LogP contribution in [0.5, 0.6) is 5.75 Å². The van der Waals surface area contributed by atoms with Crippen molar-refractivity contribution in [2.24, 2.45) is 23.2 Å². The van der Waals surface area contributed by atoms with E-state index in [2.05, 4.69) is 25.7 Å². The van der Waals surface area contributed by atoms with Gasteiger partial charge in [0, 0.05) is 11.8 Å². The molecule has 0 radical (unpaired) electrons. The summed E-state index contributed by atoms with van der Waals surface area (Å²) in [6.07, 6.45) is 1.75. The molecule has 2 aliphatic carbocycles. The van der Waals surface area contributed by atoms with Crippen molar-refractivity contribution in [2.75, 3.05) is 0 Å². The van der Waals surface area contributed by atoms with Crippen LogP contribution in [-0.4, -0.2) is 10.9 Å². The maximum absolute atomic E-state index is 12.0. The van der Waals surface area contributed by atoms with Crippen LogP contribution in [0.15, 0.2) is 35.9 Å². The molecule has 1 fully saturated rings. The van der Waals surface area contributed by atoms with Crippen LogP contribution in [0.4, 0.5) is 0 Å². The van der Waals surface area contributed by atoms with E-state index in [4.69, 9.17) is 0 Å². The van der Waals surface area contributed by atoms with Gasteiger partial charge in [-0.15, -0.1) is 0 Å². The number of hydrogen-bond acceptors (Lipinski definition) is 2. The first-order valence-corrected chi connectivity index (χ1v) is 6.94. The number of ketones is 1. The summed E-state index contributed by atoms with van der Waals surface area (Å²) < 4.78 is 0. The standard InChI is InChI=1S/C18H18O2/c1-11-10-15(20)17-16(18(17,2)3)13(11)9-8-12-6-4-5-7-14(12)19/h4-7,10,13,16-17,19H,1-3H3. The summed E-state index contributed by atoms with van der Waals surface area (Å²) in [6.45, 7) is 6.26. The molecule has 20 heavy (non-hydrogen) atoms. The summed E-state index contributed by atoms with van der Waals surface area (Å²) in [6, 6.07) is 7.09.